The van der Waals surface area contributed by atoms with Crippen LogP contribution in [0.2, 0.25) is 0 Å². The molecule has 0 radical (unpaired) electrons. The third kappa shape index (κ3) is 3.65. The predicted molar refractivity (Wildman–Crippen MR) is 72.3 cm³/mol. The van der Waals surface area contributed by atoms with Gasteiger partial charge in [-0.05, 0) is 19.1 Å². The molecular formula is C11H18N4O3S. The Morgan fingerprint density at radius 3 is 2.42 bits per heavy atom. The molecule has 1 heterocycles. The van der Waals surface area contributed by atoms with Gasteiger partial charge in [-0.15, -0.1) is 0 Å². The second kappa shape index (κ2) is 5.98. The van der Waals surface area contributed by atoms with E-state index in [0.29, 0.717) is 5.82 Å². The van der Waals surface area contributed by atoms with Gasteiger partial charge in [0.15, 0.2) is 0 Å². The minimum atomic E-state index is -3.48. The predicted octanol–water partition coefficient (Wildman–Crippen LogP) is -0.122. The van der Waals surface area contributed by atoms with E-state index in [1.54, 1.807) is 14.0 Å². The fourth-order valence-electron chi connectivity index (χ4n) is 1.33. The van der Waals surface area contributed by atoms with Gasteiger partial charge in [-0.25, -0.2) is 17.7 Å². The van der Waals surface area contributed by atoms with Crippen molar-refractivity contribution >= 4 is 21.7 Å². The lowest BCUT2D eigenvalue weighted by Crippen LogP contribution is -2.35. The van der Waals surface area contributed by atoms with Gasteiger partial charge in [0.1, 0.15) is 16.8 Å². The summed E-state index contributed by atoms with van der Waals surface area (Å²) < 4.78 is 24.8. The topological polar surface area (TPSA) is 91.4 Å². The highest BCUT2D eigenvalue weighted by Crippen LogP contribution is 2.14. The number of aromatic nitrogens is 1. The molecule has 1 amide bonds. The molecule has 1 atom stereocenters. The van der Waals surface area contributed by atoms with E-state index >= 15 is 0 Å². The largest absolute Gasteiger partial charge is 0.359 e. The van der Waals surface area contributed by atoms with Gasteiger partial charge in [0.2, 0.25) is 15.9 Å². The first-order valence-corrected chi connectivity index (χ1v) is 7.09. The minimum absolute atomic E-state index is 0.107. The van der Waals surface area contributed by atoms with E-state index < -0.39 is 16.1 Å². The Morgan fingerprint density at radius 1 is 1.37 bits per heavy atom. The first-order valence-electron chi connectivity index (χ1n) is 5.65. The van der Waals surface area contributed by atoms with Crippen LogP contribution < -0.4 is 10.6 Å². The summed E-state index contributed by atoms with van der Waals surface area (Å²) in [4.78, 5) is 15.4. The van der Waals surface area contributed by atoms with Crippen LogP contribution in [0, 0.1) is 0 Å². The summed E-state index contributed by atoms with van der Waals surface area (Å²) in [6, 6.07) is 2.52. The fourth-order valence-corrected chi connectivity index (χ4v) is 2.18. The summed E-state index contributed by atoms with van der Waals surface area (Å²) >= 11 is 0. The number of carbonyl (C=O) groups is 1. The Hall–Kier alpha value is -1.67. The number of hydrogen-bond acceptors (Lipinski definition) is 5. The fraction of sp³-hybridized carbons (Fsp3) is 0.455. The first kappa shape index (κ1) is 15.4. The molecule has 2 N–H and O–H groups in total. The van der Waals surface area contributed by atoms with Gasteiger partial charge in [0, 0.05) is 27.3 Å². The lowest BCUT2D eigenvalue weighted by Gasteiger charge is -2.14. The number of likely N-dealkylation sites (N-methyl/N-ethyl adjacent to an activating group) is 1. The molecule has 106 valence electrons. The number of nitrogens with zero attached hydrogens (tertiary/aromatic N) is 2. The Bertz CT molecular complexity index is 540. The maximum absolute atomic E-state index is 11.8. The van der Waals surface area contributed by atoms with Crippen molar-refractivity contribution in [2.45, 2.75) is 17.9 Å². The van der Waals surface area contributed by atoms with Crippen molar-refractivity contribution in [3.63, 3.8) is 0 Å². The maximum Gasteiger partial charge on any atom is 0.244 e. The molecule has 0 saturated carbocycles. The second-order valence-electron chi connectivity index (χ2n) is 4.15. The first-order chi connectivity index (χ1) is 8.78. The molecular weight excluding hydrogens is 268 g/mol. The number of amides is 1. The molecule has 8 heteroatoms. The van der Waals surface area contributed by atoms with Crippen molar-refractivity contribution in [1.82, 2.24) is 14.6 Å². The number of carbonyl (C=O) groups excluding carboxylic acids is 1. The summed E-state index contributed by atoms with van der Waals surface area (Å²) in [5, 5.41) is 5.37. The van der Waals surface area contributed by atoms with E-state index in [1.807, 2.05) is 0 Å². The standard InChI is InChI=1S/C11H18N4O3S/c1-8(11(16)12-2)14-10-6-5-9(7-13-10)19(17,18)15(3)4/h5-8H,1-4H3,(H,12,16)(H,13,14). The molecule has 0 aliphatic rings. The van der Waals surface area contributed by atoms with Crippen molar-refractivity contribution in [3.8, 4) is 0 Å². The highest BCUT2D eigenvalue weighted by molar-refractivity contribution is 7.89. The molecule has 0 aliphatic carbocycles. The summed E-state index contributed by atoms with van der Waals surface area (Å²) in [7, 11) is 0.970. The summed E-state index contributed by atoms with van der Waals surface area (Å²) in [6.07, 6.45) is 1.26. The lowest BCUT2D eigenvalue weighted by molar-refractivity contribution is -0.121. The van der Waals surface area contributed by atoms with Crippen molar-refractivity contribution in [3.05, 3.63) is 18.3 Å². The number of rotatable bonds is 5. The molecule has 0 bridgehead atoms. The molecule has 1 aromatic rings. The average Bonchev–Trinajstić information content (AvgIpc) is 2.38. The van der Waals surface area contributed by atoms with Crippen LogP contribution in [0.4, 0.5) is 5.82 Å². The molecule has 0 spiro atoms. The highest BCUT2D eigenvalue weighted by atomic mass is 32.2. The molecule has 19 heavy (non-hydrogen) atoms. The Kier molecular flexibility index (Phi) is 4.84. The molecule has 1 aromatic heterocycles. The van der Waals surface area contributed by atoms with E-state index in [9.17, 15) is 13.2 Å². The number of nitrogens with one attached hydrogen (secondary N) is 2. The Morgan fingerprint density at radius 2 is 2.00 bits per heavy atom. The van der Waals surface area contributed by atoms with E-state index in [4.69, 9.17) is 0 Å². The highest BCUT2D eigenvalue weighted by Gasteiger charge is 2.18. The van der Waals surface area contributed by atoms with E-state index in [1.165, 1.54) is 32.4 Å². The van der Waals surface area contributed by atoms with Crippen molar-refractivity contribution in [2.24, 2.45) is 0 Å². The third-order valence-electron chi connectivity index (χ3n) is 2.52. The van der Waals surface area contributed by atoms with E-state index in [2.05, 4.69) is 15.6 Å². The molecule has 0 fully saturated rings. The molecule has 0 aromatic carbocycles. The molecule has 1 unspecified atom stereocenters. The third-order valence-corrected chi connectivity index (χ3v) is 4.32. The van der Waals surface area contributed by atoms with Gasteiger partial charge in [0.05, 0.1) is 0 Å². The van der Waals surface area contributed by atoms with Crippen LogP contribution >= 0.6 is 0 Å². The van der Waals surface area contributed by atoms with E-state index in [0.717, 1.165) is 4.31 Å². The van der Waals surface area contributed by atoms with Crippen LogP contribution in [0.25, 0.3) is 0 Å². The Labute approximate surface area is 113 Å². The summed E-state index contributed by atoms with van der Waals surface area (Å²) in [6.45, 7) is 1.69. The maximum atomic E-state index is 11.8. The van der Waals surface area contributed by atoms with Gasteiger partial charge in [-0.1, -0.05) is 0 Å². The van der Waals surface area contributed by atoms with Crippen LogP contribution in [0.5, 0.6) is 0 Å². The van der Waals surface area contributed by atoms with Crippen LogP contribution in [0.3, 0.4) is 0 Å². The molecule has 1 rings (SSSR count). The zero-order chi connectivity index (χ0) is 14.6. The van der Waals surface area contributed by atoms with Gasteiger partial charge < -0.3 is 10.6 Å². The van der Waals surface area contributed by atoms with Crippen molar-refractivity contribution < 1.29 is 13.2 Å². The number of sulfonamides is 1. The number of hydrogen-bond donors (Lipinski definition) is 2. The Balaban J connectivity index is 2.86. The van der Waals surface area contributed by atoms with Crippen LogP contribution in [-0.2, 0) is 14.8 Å². The summed E-state index contributed by atoms with van der Waals surface area (Å²) in [5.74, 6) is 0.264. The number of pyridine rings is 1. The van der Waals surface area contributed by atoms with Crippen LogP contribution in [0.1, 0.15) is 6.92 Å². The second-order valence-corrected chi connectivity index (χ2v) is 6.30. The molecule has 7 nitrogen and oxygen atoms in total. The average molecular weight is 286 g/mol. The van der Waals surface area contributed by atoms with Crippen molar-refractivity contribution in [1.29, 1.82) is 0 Å². The molecule has 0 saturated heterocycles. The zero-order valence-electron chi connectivity index (χ0n) is 11.3. The normalized spacial score (nSPS) is 13.1. The number of anilines is 1. The smallest absolute Gasteiger partial charge is 0.244 e. The van der Waals surface area contributed by atoms with Gasteiger partial charge in [-0.3, -0.25) is 4.79 Å². The van der Waals surface area contributed by atoms with E-state index in [-0.39, 0.29) is 10.8 Å². The quantitative estimate of drug-likeness (QED) is 0.787. The van der Waals surface area contributed by atoms with Gasteiger partial charge in [-0.2, -0.15) is 0 Å². The molecule has 0 aliphatic heterocycles. The van der Waals surface area contributed by atoms with Gasteiger partial charge in [0.25, 0.3) is 0 Å². The SMILES string of the molecule is CNC(=O)C(C)Nc1ccc(S(=O)(=O)N(C)C)cn1. The van der Waals surface area contributed by atoms with Gasteiger partial charge >= 0.3 is 0 Å². The summed E-state index contributed by atoms with van der Waals surface area (Å²) in [5.41, 5.74) is 0. The van der Waals surface area contributed by atoms with Crippen molar-refractivity contribution in [2.75, 3.05) is 26.5 Å². The lowest BCUT2D eigenvalue weighted by atomic mass is 10.3. The minimum Gasteiger partial charge on any atom is -0.359 e. The van der Waals surface area contributed by atoms with Crippen LogP contribution in [-0.4, -0.2) is 50.8 Å². The monoisotopic (exact) mass is 286 g/mol. The zero-order valence-corrected chi connectivity index (χ0v) is 12.2. The van der Waals surface area contributed by atoms with Crippen LogP contribution in [0.15, 0.2) is 23.2 Å².